The van der Waals surface area contributed by atoms with E-state index in [4.69, 9.17) is 4.42 Å². The Labute approximate surface area is 133 Å². The SMILES string of the molecule is CC(C)C(O)(c1ccc2c(ccc3occc32)c1)c1cnc[nH]1. The molecule has 0 aliphatic heterocycles. The summed E-state index contributed by atoms with van der Waals surface area (Å²) in [5.41, 5.74) is 1.33. The van der Waals surface area contributed by atoms with Gasteiger partial charge in [-0.25, -0.2) is 4.98 Å². The number of nitrogens with zero attached hydrogens (tertiary/aromatic N) is 1. The van der Waals surface area contributed by atoms with Gasteiger partial charge in [0.15, 0.2) is 0 Å². The zero-order valence-corrected chi connectivity index (χ0v) is 13.1. The average molecular weight is 306 g/mol. The van der Waals surface area contributed by atoms with Crippen LogP contribution >= 0.6 is 0 Å². The molecule has 2 aromatic carbocycles. The molecule has 1 atom stereocenters. The van der Waals surface area contributed by atoms with Gasteiger partial charge in [-0.05, 0) is 40.5 Å². The molecule has 0 saturated carbocycles. The topological polar surface area (TPSA) is 62.1 Å². The van der Waals surface area contributed by atoms with E-state index in [1.165, 1.54) is 0 Å². The molecule has 116 valence electrons. The van der Waals surface area contributed by atoms with Gasteiger partial charge in [0.1, 0.15) is 11.2 Å². The molecular formula is C19H18N2O2. The second-order valence-corrected chi connectivity index (χ2v) is 6.22. The molecule has 2 heterocycles. The lowest BCUT2D eigenvalue weighted by Crippen LogP contribution is -2.33. The van der Waals surface area contributed by atoms with E-state index in [0.29, 0.717) is 5.69 Å². The first-order valence-electron chi connectivity index (χ1n) is 7.72. The van der Waals surface area contributed by atoms with Gasteiger partial charge in [0.2, 0.25) is 0 Å². The van der Waals surface area contributed by atoms with Crippen LogP contribution < -0.4 is 0 Å². The highest BCUT2D eigenvalue weighted by atomic mass is 16.3. The molecule has 0 bridgehead atoms. The summed E-state index contributed by atoms with van der Waals surface area (Å²) in [6.07, 6.45) is 4.98. The van der Waals surface area contributed by atoms with Crippen LogP contribution in [0.3, 0.4) is 0 Å². The predicted octanol–water partition coefficient (Wildman–Crippen LogP) is 4.20. The largest absolute Gasteiger partial charge is 0.464 e. The van der Waals surface area contributed by atoms with Crippen LogP contribution in [-0.2, 0) is 5.60 Å². The Hall–Kier alpha value is -2.59. The summed E-state index contributed by atoms with van der Waals surface area (Å²) in [5.74, 6) is -0.00180. The zero-order chi connectivity index (χ0) is 16.0. The van der Waals surface area contributed by atoms with Crippen molar-refractivity contribution in [3.63, 3.8) is 0 Å². The van der Waals surface area contributed by atoms with Gasteiger partial charge in [0, 0.05) is 5.39 Å². The highest BCUT2D eigenvalue weighted by molar-refractivity contribution is 6.05. The van der Waals surface area contributed by atoms with Crippen molar-refractivity contribution >= 4 is 21.7 Å². The number of aliphatic hydroxyl groups is 1. The van der Waals surface area contributed by atoms with Crippen molar-refractivity contribution in [2.45, 2.75) is 19.4 Å². The lowest BCUT2D eigenvalue weighted by atomic mass is 9.80. The summed E-state index contributed by atoms with van der Waals surface area (Å²) >= 11 is 0. The molecule has 1 unspecified atom stereocenters. The molecule has 0 radical (unpaired) electrons. The fourth-order valence-electron chi connectivity index (χ4n) is 3.29. The molecule has 2 N–H and O–H groups in total. The van der Waals surface area contributed by atoms with Crippen LogP contribution in [0.5, 0.6) is 0 Å². The minimum atomic E-state index is -1.10. The van der Waals surface area contributed by atoms with Crippen LogP contribution in [0.1, 0.15) is 25.1 Å². The first-order valence-corrected chi connectivity index (χ1v) is 7.72. The Morgan fingerprint density at radius 1 is 1.13 bits per heavy atom. The minimum absolute atomic E-state index is 0.00180. The first-order chi connectivity index (χ1) is 11.1. The predicted molar refractivity (Wildman–Crippen MR) is 90.1 cm³/mol. The molecule has 0 spiro atoms. The van der Waals surface area contributed by atoms with Gasteiger partial charge >= 0.3 is 0 Å². The van der Waals surface area contributed by atoms with E-state index in [9.17, 15) is 5.11 Å². The van der Waals surface area contributed by atoms with Crippen LogP contribution in [0.25, 0.3) is 21.7 Å². The van der Waals surface area contributed by atoms with E-state index in [2.05, 4.69) is 9.97 Å². The number of aromatic amines is 1. The second-order valence-electron chi connectivity index (χ2n) is 6.22. The first kappa shape index (κ1) is 14.0. The zero-order valence-electron chi connectivity index (χ0n) is 13.1. The normalized spacial score (nSPS) is 14.6. The molecule has 4 aromatic rings. The average Bonchev–Trinajstić information content (AvgIpc) is 3.24. The van der Waals surface area contributed by atoms with Crippen molar-refractivity contribution in [1.82, 2.24) is 9.97 Å². The van der Waals surface area contributed by atoms with E-state index in [1.807, 2.05) is 50.2 Å². The van der Waals surface area contributed by atoms with E-state index in [1.54, 1.807) is 18.8 Å². The number of hydrogen-bond donors (Lipinski definition) is 2. The van der Waals surface area contributed by atoms with Crippen molar-refractivity contribution in [3.05, 3.63) is 66.4 Å². The quantitative estimate of drug-likeness (QED) is 0.596. The van der Waals surface area contributed by atoms with E-state index in [0.717, 1.165) is 27.3 Å². The summed E-state index contributed by atoms with van der Waals surface area (Å²) in [6, 6.07) is 12.0. The van der Waals surface area contributed by atoms with Gasteiger partial charge in [0.25, 0.3) is 0 Å². The minimum Gasteiger partial charge on any atom is -0.464 e. The molecule has 0 aliphatic rings. The Balaban J connectivity index is 1.95. The third-order valence-corrected chi connectivity index (χ3v) is 4.64. The van der Waals surface area contributed by atoms with Crippen molar-refractivity contribution < 1.29 is 9.52 Å². The Bertz CT molecular complexity index is 970. The molecule has 0 saturated heterocycles. The van der Waals surface area contributed by atoms with Crippen molar-refractivity contribution in [3.8, 4) is 0 Å². The van der Waals surface area contributed by atoms with Crippen molar-refractivity contribution in [2.24, 2.45) is 5.92 Å². The summed E-state index contributed by atoms with van der Waals surface area (Å²) in [4.78, 5) is 7.12. The number of nitrogens with one attached hydrogen (secondary N) is 1. The molecule has 4 rings (SSSR count). The number of aromatic nitrogens is 2. The van der Waals surface area contributed by atoms with Crippen LogP contribution in [-0.4, -0.2) is 15.1 Å². The van der Waals surface area contributed by atoms with Crippen molar-refractivity contribution in [1.29, 1.82) is 0 Å². The fraction of sp³-hybridized carbons (Fsp3) is 0.211. The number of fused-ring (bicyclic) bond motifs is 3. The second kappa shape index (κ2) is 4.96. The molecule has 0 fully saturated rings. The van der Waals surface area contributed by atoms with Crippen LogP contribution in [0, 0.1) is 5.92 Å². The number of benzene rings is 2. The van der Waals surface area contributed by atoms with Gasteiger partial charge < -0.3 is 14.5 Å². The monoisotopic (exact) mass is 306 g/mol. The van der Waals surface area contributed by atoms with Gasteiger partial charge in [-0.15, -0.1) is 0 Å². The third-order valence-electron chi connectivity index (χ3n) is 4.64. The van der Waals surface area contributed by atoms with Gasteiger partial charge in [-0.1, -0.05) is 32.0 Å². The summed E-state index contributed by atoms with van der Waals surface area (Å²) in [5, 5.41) is 14.6. The van der Waals surface area contributed by atoms with Crippen LogP contribution in [0.15, 0.2) is 59.6 Å². The molecule has 2 aromatic heterocycles. The molecular weight excluding hydrogens is 288 g/mol. The fourth-order valence-corrected chi connectivity index (χ4v) is 3.29. The number of H-pyrrole nitrogens is 1. The van der Waals surface area contributed by atoms with Gasteiger partial charge in [-0.3, -0.25) is 0 Å². The van der Waals surface area contributed by atoms with Gasteiger partial charge in [-0.2, -0.15) is 0 Å². The van der Waals surface area contributed by atoms with E-state index >= 15 is 0 Å². The van der Waals surface area contributed by atoms with E-state index in [-0.39, 0.29) is 5.92 Å². The Morgan fingerprint density at radius 2 is 2.00 bits per heavy atom. The third kappa shape index (κ3) is 1.99. The maximum Gasteiger partial charge on any atom is 0.134 e. The van der Waals surface area contributed by atoms with Crippen LogP contribution in [0.4, 0.5) is 0 Å². The lowest BCUT2D eigenvalue weighted by Gasteiger charge is -2.32. The molecule has 4 heteroatoms. The maximum atomic E-state index is 11.4. The molecule has 23 heavy (non-hydrogen) atoms. The van der Waals surface area contributed by atoms with Gasteiger partial charge in [0.05, 0.1) is 24.5 Å². The highest BCUT2D eigenvalue weighted by Crippen LogP contribution is 2.37. The number of furan rings is 1. The standard InChI is InChI=1S/C19H18N2O2/c1-12(2)19(22,18-10-20-11-21-18)14-4-5-15-13(9-14)3-6-17-16(15)7-8-23-17/h3-12,22H,1-2H3,(H,20,21). The number of hydrogen-bond acceptors (Lipinski definition) is 3. The smallest absolute Gasteiger partial charge is 0.134 e. The molecule has 0 aliphatic carbocycles. The van der Waals surface area contributed by atoms with E-state index < -0.39 is 5.60 Å². The number of rotatable bonds is 3. The van der Waals surface area contributed by atoms with Crippen molar-refractivity contribution in [2.75, 3.05) is 0 Å². The lowest BCUT2D eigenvalue weighted by molar-refractivity contribution is 0.0281. The summed E-state index contributed by atoms with van der Waals surface area (Å²) < 4.78 is 5.46. The Kier molecular flexibility index (Phi) is 3.03. The molecule has 4 nitrogen and oxygen atoms in total. The number of imidazole rings is 1. The summed E-state index contributed by atoms with van der Waals surface area (Å²) in [7, 11) is 0. The Morgan fingerprint density at radius 3 is 2.74 bits per heavy atom. The van der Waals surface area contributed by atoms with Crippen LogP contribution in [0.2, 0.25) is 0 Å². The molecule has 0 amide bonds. The maximum absolute atomic E-state index is 11.4. The highest BCUT2D eigenvalue weighted by Gasteiger charge is 2.36. The summed E-state index contributed by atoms with van der Waals surface area (Å²) in [6.45, 7) is 4.01.